The maximum Gasteiger partial charge on any atom is 0.316 e. The molecule has 0 amide bonds. The largest absolute Gasteiger partial charge is 0.481 e. The van der Waals surface area contributed by atoms with Crippen LogP contribution in [0.2, 0.25) is 0 Å². The molecule has 1 N–H and O–H groups in total. The molecule has 0 bridgehead atoms. The minimum absolute atomic E-state index is 0.242. The van der Waals surface area contributed by atoms with Crippen LogP contribution < -0.4 is 9.47 Å². The highest BCUT2D eigenvalue weighted by Crippen LogP contribution is 2.21. The fourth-order valence-electron chi connectivity index (χ4n) is 1.36. The molecule has 2 aromatic rings. The van der Waals surface area contributed by atoms with Crippen LogP contribution in [0.1, 0.15) is 17.4 Å². The molecule has 7 nitrogen and oxygen atoms in total. The Hall–Kier alpha value is -2.28. The molecule has 0 spiro atoms. The number of ether oxygens (including phenoxy) is 2. The highest BCUT2D eigenvalue weighted by molar-refractivity contribution is 5.24. The summed E-state index contributed by atoms with van der Waals surface area (Å²) in [6.07, 6.45) is 3.34. The summed E-state index contributed by atoms with van der Waals surface area (Å²) in [5, 5.41) is 10.1. The van der Waals surface area contributed by atoms with E-state index in [4.69, 9.17) is 9.47 Å². The van der Waals surface area contributed by atoms with Crippen molar-refractivity contribution >= 4 is 0 Å². The Morgan fingerprint density at radius 2 is 1.78 bits per heavy atom. The van der Waals surface area contributed by atoms with Crippen LogP contribution in [0, 0.1) is 0 Å². The Kier molecular flexibility index (Phi) is 3.63. The van der Waals surface area contributed by atoms with Crippen molar-refractivity contribution in [1.29, 1.82) is 0 Å². The first-order valence-electron chi connectivity index (χ1n) is 5.14. The number of aromatic nitrogens is 4. The monoisotopic (exact) mass is 248 g/mol. The molecule has 0 radical (unpaired) electrons. The molecule has 2 heterocycles. The Morgan fingerprint density at radius 1 is 1.06 bits per heavy atom. The van der Waals surface area contributed by atoms with Crippen molar-refractivity contribution in [2.24, 2.45) is 0 Å². The third-order valence-electron chi connectivity index (χ3n) is 2.30. The topological polar surface area (TPSA) is 90.2 Å². The Morgan fingerprint density at radius 3 is 2.39 bits per heavy atom. The lowest BCUT2D eigenvalue weighted by molar-refractivity contribution is 0.213. The summed E-state index contributed by atoms with van der Waals surface area (Å²) in [5.41, 5.74) is 0.923. The molecule has 0 saturated carbocycles. The van der Waals surface area contributed by atoms with Crippen LogP contribution >= 0.6 is 0 Å². The molecule has 2 rings (SSSR count). The molecule has 0 aliphatic rings. The predicted molar refractivity (Wildman–Crippen MR) is 61.2 cm³/mol. The Balaban J connectivity index is 2.25. The lowest BCUT2D eigenvalue weighted by Gasteiger charge is -2.10. The first-order chi connectivity index (χ1) is 8.74. The van der Waals surface area contributed by atoms with Gasteiger partial charge in [0.25, 0.3) is 0 Å². The number of aliphatic hydroxyl groups is 1. The van der Waals surface area contributed by atoms with E-state index in [2.05, 4.69) is 19.9 Å². The average Bonchev–Trinajstić information content (AvgIpc) is 2.46. The van der Waals surface area contributed by atoms with Crippen LogP contribution in [0.15, 0.2) is 24.8 Å². The minimum Gasteiger partial charge on any atom is -0.481 e. The summed E-state index contributed by atoms with van der Waals surface area (Å²) in [4.78, 5) is 15.7. The standard InChI is InChI=1S/C11H12N4O3/c1-17-9-3-8(14-6-15-9)10(16)7-4-12-11(18-2)13-5-7/h3-6,10,16H,1-2H3. The second-order valence-corrected chi connectivity index (χ2v) is 3.39. The van der Waals surface area contributed by atoms with Crippen LogP contribution in [0.25, 0.3) is 0 Å². The van der Waals surface area contributed by atoms with Crippen molar-refractivity contribution < 1.29 is 14.6 Å². The molecule has 1 atom stereocenters. The normalized spacial score (nSPS) is 11.9. The third-order valence-corrected chi connectivity index (χ3v) is 2.30. The number of aliphatic hydroxyl groups excluding tert-OH is 1. The van der Waals surface area contributed by atoms with E-state index in [0.29, 0.717) is 17.1 Å². The van der Waals surface area contributed by atoms with E-state index < -0.39 is 6.10 Å². The average molecular weight is 248 g/mol. The number of hydrogen-bond acceptors (Lipinski definition) is 7. The summed E-state index contributed by atoms with van der Waals surface area (Å²) >= 11 is 0. The molecule has 0 saturated heterocycles. The van der Waals surface area contributed by atoms with E-state index in [9.17, 15) is 5.11 Å². The van der Waals surface area contributed by atoms with Gasteiger partial charge in [-0.15, -0.1) is 0 Å². The molecule has 7 heteroatoms. The number of rotatable bonds is 4. The van der Waals surface area contributed by atoms with Crippen molar-refractivity contribution in [3.05, 3.63) is 36.0 Å². The number of hydrogen-bond donors (Lipinski definition) is 1. The van der Waals surface area contributed by atoms with Gasteiger partial charge in [-0.2, -0.15) is 0 Å². The van der Waals surface area contributed by atoms with Gasteiger partial charge < -0.3 is 14.6 Å². The van der Waals surface area contributed by atoms with Gasteiger partial charge >= 0.3 is 6.01 Å². The van der Waals surface area contributed by atoms with Crippen molar-refractivity contribution in [2.75, 3.05) is 14.2 Å². The van der Waals surface area contributed by atoms with Gasteiger partial charge in [0, 0.05) is 24.0 Å². The summed E-state index contributed by atoms with van der Waals surface area (Å²) in [6.45, 7) is 0. The van der Waals surface area contributed by atoms with Gasteiger partial charge in [0.05, 0.1) is 19.9 Å². The van der Waals surface area contributed by atoms with Gasteiger partial charge in [0.15, 0.2) is 0 Å². The smallest absolute Gasteiger partial charge is 0.316 e. The van der Waals surface area contributed by atoms with Crippen LogP contribution in [-0.4, -0.2) is 39.3 Å². The van der Waals surface area contributed by atoms with Crippen molar-refractivity contribution in [2.45, 2.75) is 6.10 Å². The molecular formula is C11H12N4O3. The zero-order valence-corrected chi connectivity index (χ0v) is 9.94. The molecule has 2 aromatic heterocycles. The van der Waals surface area contributed by atoms with Crippen LogP contribution in [0.5, 0.6) is 11.9 Å². The van der Waals surface area contributed by atoms with E-state index in [1.165, 1.54) is 32.9 Å². The van der Waals surface area contributed by atoms with E-state index in [0.717, 1.165) is 0 Å². The zero-order valence-electron chi connectivity index (χ0n) is 9.94. The number of nitrogens with zero attached hydrogens (tertiary/aromatic N) is 4. The maximum atomic E-state index is 10.1. The van der Waals surface area contributed by atoms with Crippen LogP contribution in [0.3, 0.4) is 0 Å². The second kappa shape index (κ2) is 5.37. The highest BCUT2D eigenvalue weighted by Gasteiger charge is 2.14. The third kappa shape index (κ3) is 2.51. The van der Waals surface area contributed by atoms with Gasteiger partial charge in [0.1, 0.15) is 12.4 Å². The molecule has 0 aromatic carbocycles. The zero-order chi connectivity index (χ0) is 13.0. The van der Waals surface area contributed by atoms with Crippen LogP contribution in [0.4, 0.5) is 0 Å². The summed E-state index contributed by atoms with van der Waals surface area (Å²) in [6, 6.07) is 1.79. The van der Waals surface area contributed by atoms with Crippen LogP contribution in [-0.2, 0) is 0 Å². The second-order valence-electron chi connectivity index (χ2n) is 3.39. The fraction of sp³-hybridized carbons (Fsp3) is 0.273. The summed E-state index contributed by atoms with van der Waals surface area (Å²) in [5.74, 6) is 0.383. The van der Waals surface area contributed by atoms with Gasteiger partial charge in [-0.3, -0.25) is 0 Å². The SMILES string of the molecule is COc1cc(C(O)c2cnc(OC)nc2)ncn1. The lowest BCUT2D eigenvalue weighted by atomic mass is 10.1. The Labute approximate surface area is 103 Å². The minimum atomic E-state index is -0.937. The van der Waals surface area contributed by atoms with Gasteiger partial charge in [-0.05, 0) is 0 Å². The van der Waals surface area contributed by atoms with Gasteiger partial charge in [-0.25, -0.2) is 19.9 Å². The molecule has 94 valence electrons. The van der Waals surface area contributed by atoms with Gasteiger partial charge in [0.2, 0.25) is 5.88 Å². The van der Waals surface area contributed by atoms with Crippen molar-refractivity contribution in [3.8, 4) is 11.9 Å². The predicted octanol–water partition coefficient (Wildman–Crippen LogP) is 0.365. The van der Waals surface area contributed by atoms with E-state index in [-0.39, 0.29) is 6.01 Å². The number of methoxy groups -OCH3 is 2. The van der Waals surface area contributed by atoms with E-state index in [1.807, 2.05) is 0 Å². The first-order valence-corrected chi connectivity index (χ1v) is 5.14. The molecule has 0 fully saturated rings. The highest BCUT2D eigenvalue weighted by atomic mass is 16.5. The van der Waals surface area contributed by atoms with Crippen molar-refractivity contribution in [1.82, 2.24) is 19.9 Å². The van der Waals surface area contributed by atoms with E-state index in [1.54, 1.807) is 6.07 Å². The van der Waals surface area contributed by atoms with E-state index >= 15 is 0 Å². The van der Waals surface area contributed by atoms with Crippen molar-refractivity contribution in [3.63, 3.8) is 0 Å². The molecule has 1 unspecified atom stereocenters. The lowest BCUT2D eigenvalue weighted by Crippen LogP contribution is -2.05. The van der Waals surface area contributed by atoms with Gasteiger partial charge in [-0.1, -0.05) is 0 Å². The molecular weight excluding hydrogens is 236 g/mol. The molecule has 0 aliphatic heterocycles. The molecule has 18 heavy (non-hydrogen) atoms. The summed E-state index contributed by atoms with van der Waals surface area (Å²) in [7, 11) is 2.97. The maximum absolute atomic E-state index is 10.1. The summed E-state index contributed by atoms with van der Waals surface area (Å²) < 4.78 is 9.81. The quantitative estimate of drug-likeness (QED) is 0.835. The fourth-order valence-corrected chi connectivity index (χ4v) is 1.36. The molecule has 0 aliphatic carbocycles. The first kappa shape index (κ1) is 12.2. The Bertz CT molecular complexity index is 518.